The number of hydrogen-bond acceptors (Lipinski definition) is 4. The van der Waals surface area contributed by atoms with Crippen LogP contribution < -0.4 is 10.9 Å². The van der Waals surface area contributed by atoms with Gasteiger partial charge in [-0.2, -0.15) is 0 Å². The number of hydrogen-bond donors (Lipinski definition) is 1. The molecule has 0 saturated carbocycles. The Balaban J connectivity index is 1.88. The lowest BCUT2D eigenvalue weighted by atomic mass is 10.2. The lowest BCUT2D eigenvalue weighted by Crippen LogP contribution is -2.28. The quantitative estimate of drug-likeness (QED) is 0.791. The Morgan fingerprint density at radius 2 is 2.08 bits per heavy atom. The molecule has 0 aliphatic heterocycles. The third-order valence-corrected chi connectivity index (χ3v) is 4.79. The maximum Gasteiger partial charge on any atom is 0.262 e. The molecule has 0 spiro atoms. The minimum Gasteiger partial charge on any atom is -0.322 e. The number of rotatable bonds is 3. The van der Waals surface area contributed by atoms with Crippen molar-refractivity contribution < 1.29 is 13.6 Å². The predicted molar refractivity (Wildman–Crippen MR) is 88.3 cm³/mol. The molecule has 24 heavy (non-hydrogen) atoms. The number of nitrogens with zero attached hydrogens (tertiary/aromatic N) is 2. The maximum atomic E-state index is 13.6. The van der Waals surface area contributed by atoms with Crippen molar-refractivity contribution >= 4 is 33.1 Å². The van der Waals surface area contributed by atoms with Crippen molar-refractivity contribution in [2.75, 3.05) is 5.32 Å². The number of aromatic nitrogens is 2. The highest BCUT2D eigenvalue weighted by atomic mass is 32.1. The molecule has 1 N–H and O–H groups in total. The van der Waals surface area contributed by atoms with E-state index in [1.54, 1.807) is 0 Å². The Labute approximate surface area is 139 Å². The Morgan fingerprint density at radius 1 is 1.33 bits per heavy atom. The molecule has 0 fully saturated rings. The summed E-state index contributed by atoms with van der Waals surface area (Å²) in [4.78, 5) is 30.3. The molecule has 0 unspecified atom stereocenters. The van der Waals surface area contributed by atoms with Gasteiger partial charge in [0.2, 0.25) is 5.91 Å². The van der Waals surface area contributed by atoms with E-state index >= 15 is 0 Å². The fourth-order valence-electron chi connectivity index (χ4n) is 2.32. The van der Waals surface area contributed by atoms with Crippen molar-refractivity contribution in [3.63, 3.8) is 0 Å². The summed E-state index contributed by atoms with van der Waals surface area (Å²) in [6.45, 7) is 3.38. The molecule has 2 aromatic heterocycles. The smallest absolute Gasteiger partial charge is 0.262 e. The van der Waals surface area contributed by atoms with Crippen LogP contribution in [0.2, 0.25) is 0 Å². The molecule has 0 aliphatic rings. The normalized spacial score (nSPS) is 11.0. The molecule has 124 valence electrons. The molecule has 3 rings (SSSR count). The van der Waals surface area contributed by atoms with Gasteiger partial charge in [-0.25, -0.2) is 13.8 Å². The van der Waals surface area contributed by atoms with Crippen molar-refractivity contribution in [1.29, 1.82) is 0 Å². The second kappa shape index (κ2) is 6.12. The third kappa shape index (κ3) is 2.92. The van der Waals surface area contributed by atoms with E-state index in [0.717, 1.165) is 33.2 Å². The molecule has 8 heteroatoms. The molecule has 1 amide bonds. The highest BCUT2D eigenvalue weighted by Crippen LogP contribution is 2.25. The van der Waals surface area contributed by atoms with E-state index in [4.69, 9.17) is 0 Å². The van der Waals surface area contributed by atoms with E-state index in [0.29, 0.717) is 10.2 Å². The maximum absolute atomic E-state index is 13.6. The Bertz CT molecular complexity index is 1010. The van der Waals surface area contributed by atoms with E-state index < -0.39 is 17.5 Å². The van der Waals surface area contributed by atoms with Crippen LogP contribution in [0.15, 0.2) is 29.3 Å². The highest BCUT2D eigenvalue weighted by molar-refractivity contribution is 7.18. The van der Waals surface area contributed by atoms with Gasteiger partial charge in [0, 0.05) is 10.9 Å². The van der Waals surface area contributed by atoms with Crippen LogP contribution in [-0.2, 0) is 11.3 Å². The van der Waals surface area contributed by atoms with E-state index in [9.17, 15) is 18.4 Å². The number of carbonyl (C=O) groups excluding carboxylic acids is 1. The van der Waals surface area contributed by atoms with Crippen LogP contribution in [0.4, 0.5) is 14.5 Å². The predicted octanol–water partition coefficient (Wildman–Crippen LogP) is 2.99. The zero-order valence-electron chi connectivity index (χ0n) is 12.9. The second-order valence-corrected chi connectivity index (χ2v) is 6.52. The summed E-state index contributed by atoms with van der Waals surface area (Å²) in [5, 5.41) is 2.73. The molecule has 1 aromatic carbocycles. The van der Waals surface area contributed by atoms with Crippen LogP contribution in [0.3, 0.4) is 0 Å². The van der Waals surface area contributed by atoms with Crippen molar-refractivity contribution in [3.8, 4) is 0 Å². The summed E-state index contributed by atoms with van der Waals surface area (Å²) < 4.78 is 27.8. The number of anilines is 1. The molecule has 0 bridgehead atoms. The summed E-state index contributed by atoms with van der Waals surface area (Å²) in [6, 6.07) is 2.75. The topological polar surface area (TPSA) is 64.0 Å². The molecule has 0 atom stereocenters. The van der Waals surface area contributed by atoms with Crippen molar-refractivity contribution in [2.24, 2.45) is 0 Å². The highest BCUT2D eigenvalue weighted by Gasteiger charge is 2.14. The largest absolute Gasteiger partial charge is 0.322 e. The van der Waals surface area contributed by atoms with Crippen LogP contribution in [0, 0.1) is 25.5 Å². The molecule has 0 aliphatic carbocycles. The third-order valence-electron chi connectivity index (χ3n) is 3.67. The van der Waals surface area contributed by atoms with Gasteiger partial charge in [0.15, 0.2) is 0 Å². The van der Waals surface area contributed by atoms with Gasteiger partial charge in [-0.1, -0.05) is 0 Å². The molecule has 0 saturated heterocycles. The monoisotopic (exact) mass is 349 g/mol. The van der Waals surface area contributed by atoms with E-state index in [-0.39, 0.29) is 17.8 Å². The van der Waals surface area contributed by atoms with Gasteiger partial charge in [-0.3, -0.25) is 14.2 Å². The SMILES string of the molecule is Cc1sc2ncn(CC(=O)Nc3cc(F)ccc3F)c(=O)c2c1C. The number of fused-ring (bicyclic) bond motifs is 1. The first-order valence-electron chi connectivity index (χ1n) is 7.07. The number of nitrogens with one attached hydrogen (secondary N) is 1. The van der Waals surface area contributed by atoms with Gasteiger partial charge in [0.25, 0.3) is 5.56 Å². The number of amides is 1. The molecule has 2 heterocycles. The van der Waals surface area contributed by atoms with Crippen molar-refractivity contribution in [1.82, 2.24) is 9.55 Å². The van der Waals surface area contributed by atoms with Gasteiger partial charge < -0.3 is 5.32 Å². The molecular formula is C16H13F2N3O2S. The summed E-state index contributed by atoms with van der Waals surface area (Å²) in [6.07, 6.45) is 1.28. The minimum atomic E-state index is -0.755. The van der Waals surface area contributed by atoms with Gasteiger partial charge in [0.05, 0.1) is 17.4 Å². The standard InChI is InChI=1S/C16H13F2N3O2S/c1-8-9(2)24-15-14(8)16(23)21(7-19-15)6-13(22)20-12-5-10(17)3-4-11(12)18/h3-5,7H,6H2,1-2H3,(H,20,22). The molecular weight excluding hydrogens is 336 g/mol. The fourth-order valence-corrected chi connectivity index (χ4v) is 3.31. The van der Waals surface area contributed by atoms with Gasteiger partial charge in [-0.15, -0.1) is 11.3 Å². The zero-order valence-corrected chi connectivity index (χ0v) is 13.7. The van der Waals surface area contributed by atoms with Crippen LogP contribution in [0.25, 0.3) is 10.2 Å². The minimum absolute atomic E-state index is 0.273. The van der Waals surface area contributed by atoms with E-state index in [2.05, 4.69) is 10.3 Å². The zero-order chi connectivity index (χ0) is 17.4. The summed E-state index contributed by atoms with van der Waals surface area (Å²) in [7, 11) is 0. The second-order valence-electron chi connectivity index (χ2n) is 5.31. The Morgan fingerprint density at radius 3 is 2.83 bits per heavy atom. The lowest BCUT2D eigenvalue weighted by Gasteiger charge is -2.08. The number of carbonyl (C=O) groups is 1. The average molecular weight is 349 g/mol. The summed E-state index contributed by atoms with van der Waals surface area (Å²) >= 11 is 1.41. The van der Waals surface area contributed by atoms with Crippen LogP contribution in [0.1, 0.15) is 10.4 Å². The first-order valence-corrected chi connectivity index (χ1v) is 7.88. The van der Waals surface area contributed by atoms with Gasteiger partial charge in [0.1, 0.15) is 23.0 Å². The van der Waals surface area contributed by atoms with Crippen LogP contribution >= 0.6 is 11.3 Å². The van der Waals surface area contributed by atoms with Gasteiger partial charge >= 0.3 is 0 Å². The van der Waals surface area contributed by atoms with Crippen LogP contribution in [0.5, 0.6) is 0 Å². The van der Waals surface area contributed by atoms with E-state index in [1.807, 2.05) is 13.8 Å². The van der Waals surface area contributed by atoms with Gasteiger partial charge in [-0.05, 0) is 31.5 Å². The Kier molecular flexibility index (Phi) is 4.15. The summed E-state index contributed by atoms with van der Waals surface area (Å²) in [5.41, 5.74) is 0.222. The molecule has 3 aromatic rings. The van der Waals surface area contributed by atoms with Crippen molar-refractivity contribution in [3.05, 3.63) is 57.0 Å². The molecule has 5 nitrogen and oxygen atoms in total. The average Bonchev–Trinajstić information content (AvgIpc) is 2.81. The summed E-state index contributed by atoms with van der Waals surface area (Å²) in [5.74, 6) is -2.07. The first kappa shape index (κ1) is 16.3. The fraction of sp³-hybridized carbons (Fsp3) is 0.188. The van der Waals surface area contributed by atoms with Crippen LogP contribution in [-0.4, -0.2) is 15.5 Å². The first-order chi connectivity index (χ1) is 11.4. The molecule has 0 radical (unpaired) electrons. The number of thiophene rings is 1. The number of aryl methyl sites for hydroxylation is 2. The van der Waals surface area contributed by atoms with Crippen molar-refractivity contribution in [2.45, 2.75) is 20.4 Å². The number of benzene rings is 1. The number of halogens is 2. The van der Waals surface area contributed by atoms with E-state index in [1.165, 1.54) is 17.7 Å². The Hall–Kier alpha value is -2.61. The lowest BCUT2D eigenvalue weighted by molar-refractivity contribution is -0.116.